The second-order valence-corrected chi connectivity index (χ2v) is 7.28. The maximum Gasteiger partial charge on any atom is 0.475 e. The van der Waals surface area contributed by atoms with Crippen LogP contribution in [0.4, 0.5) is 14.5 Å². The van der Waals surface area contributed by atoms with Crippen LogP contribution >= 0.6 is 0 Å². The summed E-state index contributed by atoms with van der Waals surface area (Å²) in [6.07, 6.45) is 0.822. The lowest BCUT2D eigenvalue weighted by Crippen LogP contribution is -2.53. The van der Waals surface area contributed by atoms with Gasteiger partial charge in [0.25, 0.3) is 0 Å². The summed E-state index contributed by atoms with van der Waals surface area (Å²) in [7, 11) is -1.67. The zero-order valence-electron chi connectivity index (χ0n) is 15.5. The summed E-state index contributed by atoms with van der Waals surface area (Å²) in [6, 6.07) is 2.68. The van der Waals surface area contributed by atoms with E-state index in [9.17, 15) is 28.4 Å². The molecule has 0 bridgehead atoms. The molecular formula is C18H25BF2N2O4. The van der Waals surface area contributed by atoms with E-state index >= 15 is 0 Å². The molecule has 148 valence electrons. The third kappa shape index (κ3) is 5.74. The first kappa shape index (κ1) is 21.3. The largest absolute Gasteiger partial charge is 0.475 e. The zero-order chi connectivity index (χ0) is 20.1. The monoisotopic (exact) mass is 382 g/mol. The Hall–Kier alpha value is -2.00. The van der Waals surface area contributed by atoms with Gasteiger partial charge in [0, 0.05) is 25.5 Å². The van der Waals surface area contributed by atoms with Crippen LogP contribution < -0.4 is 10.2 Å². The molecule has 1 heterocycles. The Labute approximate surface area is 157 Å². The molecule has 3 N–H and O–H groups in total. The van der Waals surface area contributed by atoms with Crippen molar-refractivity contribution in [2.45, 2.75) is 51.5 Å². The molecule has 1 aromatic rings. The molecule has 2 rings (SSSR count). The van der Waals surface area contributed by atoms with Gasteiger partial charge in [0.2, 0.25) is 5.91 Å². The molecule has 1 saturated heterocycles. The third-order valence-electron chi connectivity index (χ3n) is 4.64. The summed E-state index contributed by atoms with van der Waals surface area (Å²) in [4.78, 5) is 26.0. The van der Waals surface area contributed by atoms with E-state index in [1.165, 1.54) is 6.07 Å². The first-order valence-electron chi connectivity index (χ1n) is 9.09. The minimum absolute atomic E-state index is 0.0360. The first-order valence-corrected chi connectivity index (χ1v) is 9.09. The predicted molar refractivity (Wildman–Crippen MR) is 97.9 cm³/mol. The molecule has 1 fully saturated rings. The second-order valence-electron chi connectivity index (χ2n) is 7.28. The van der Waals surface area contributed by atoms with Gasteiger partial charge in [-0.3, -0.25) is 9.59 Å². The van der Waals surface area contributed by atoms with E-state index in [1.807, 2.05) is 13.8 Å². The number of amides is 1. The van der Waals surface area contributed by atoms with Gasteiger partial charge in [-0.2, -0.15) is 0 Å². The number of carbonyl (C=O) groups is 2. The smallest absolute Gasteiger partial charge is 0.426 e. The number of hydrogen-bond donors (Lipinski definition) is 3. The molecular weight excluding hydrogens is 357 g/mol. The second kappa shape index (κ2) is 9.28. The summed E-state index contributed by atoms with van der Waals surface area (Å²) in [5, 5.41) is 21.2. The molecule has 0 aliphatic carbocycles. The van der Waals surface area contributed by atoms with Crippen LogP contribution in [0.25, 0.3) is 0 Å². The summed E-state index contributed by atoms with van der Waals surface area (Å²) in [5.74, 6) is -2.68. The molecule has 2 atom stereocenters. The highest BCUT2D eigenvalue weighted by Gasteiger charge is 2.35. The zero-order valence-corrected chi connectivity index (χ0v) is 15.5. The van der Waals surface area contributed by atoms with Crippen molar-refractivity contribution in [3.63, 3.8) is 0 Å². The Morgan fingerprint density at radius 3 is 2.52 bits per heavy atom. The molecule has 27 heavy (non-hydrogen) atoms. The highest BCUT2D eigenvalue weighted by molar-refractivity contribution is 6.43. The van der Waals surface area contributed by atoms with E-state index in [0.717, 1.165) is 12.1 Å². The van der Waals surface area contributed by atoms with E-state index < -0.39 is 36.6 Å². The number of ketones is 1. The van der Waals surface area contributed by atoms with Crippen LogP contribution in [0.3, 0.4) is 0 Å². The van der Waals surface area contributed by atoms with Gasteiger partial charge in [-0.25, -0.2) is 8.78 Å². The topological polar surface area (TPSA) is 89.9 Å². The van der Waals surface area contributed by atoms with Crippen LogP contribution in [0.2, 0.25) is 0 Å². The molecule has 0 saturated carbocycles. The van der Waals surface area contributed by atoms with Gasteiger partial charge < -0.3 is 20.3 Å². The highest BCUT2D eigenvalue weighted by atomic mass is 19.1. The van der Waals surface area contributed by atoms with E-state index in [-0.39, 0.29) is 30.2 Å². The maximum atomic E-state index is 13.9. The van der Waals surface area contributed by atoms with Gasteiger partial charge in [0.1, 0.15) is 11.6 Å². The standard InChI is InChI=1S/C18H25BF2N2O4/c1-11(2)9-17(19(26)27)22-18(25)6-5-16(24)15-7-8-23(15)14-4-3-12(20)10-13(14)21/h3-4,10-11,15,17,26-27H,5-9H2,1-2H3,(H,22,25)/t15-,17-/m0/s1. The molecule has 6 nitrogen and oxygen atoms in total. The maximum absolute atomic E-state index is 13.9. The number of halogens is 2. The van der Waals surface area contributed by atoms with Crippen molar-refractivity contribution < 1.29 is 28.4 Å². The summed E-state index contributed by atoms with van der Waals surface area (Å²) >= 11 is 0. The van der Waals surface area contributed by atoms with Gasteiger partial charge in [0.05, 0.1) is 17.7 Å². The van der Waals surface area contributed by atoms with Crippen LogP contribution in [0.5, 0.6) is 0 Å². The quantitative estimate of drug-likeness (QED) is 0.563. The minimum atomic E-state index is -1.67. The van der Waals surface area contributed by atoms with Crippen molar-refractivity contribution in [1.82, 2.24) is 5.32 Å². The van der Waals surface area contributed by atoms with Crippen molar-refractivity contribution in [1.29, 1.82) is 0 Å². The number of hydrogen-bond acceptors (Lipinski definition) is 5. The van der Waals surface area contributed by atoms with Gasteiger partial charge in [-0.1, -0.05) is 13.8 Å². The molecule has 1 aromatic carbocycles. The van der Waals surface area contributed by atoms with Gasteiger partial charge in [0.15, 0.2) is 5.78 Å². The summed E-state index contributed by atoms with van der Waals surface area (Å²) in [5.41, 5.74) is 0.172. The molecule has 0 spiro atoms. The van der Waals surface area contributed by atoms with Crippen LogP contribution in [-0.4, -0.2) is 47.4 Å². The van der Waals surface area contributed by atoms with Crippen molar-refractivity contribution in [3.05, 3.63) is 29.8 Å². The van der Waals surface area contributed by atoms with E-state index in [2.05, 4.69) is 5.32 Å². The molecule has 0 unspecified atom stereocenters. The minimum Gasteiger partial charge on any atom is -0.426 e. The Bertz CT molecular complexity index is 687. The first-order chi connectivity index (χ1) is 12.7. The fourth-order valence-corrected chi connectivity index (χ4v) is 3.17. The number of anilines is 1. The number of carbonyl (C=O) groups excluding carboxylic acids is 2. The van der Waals surface area contributed by atoms with E-state index in [4.69, 9.17) is 0 Å². The van der Waals surface area contributed by atoms with Crippen LogP contribution in [-0.2, 0) is 9.59 Å². The SMILES string of the molecule is CC(C)C[C@H](NC(=O)CCC(=O)[C@@H]1CCN1c1ccc(F)cc1F)B(O)O. The molecule has 1 aliphatic rings. The summed E-state index contributed by atoms with van der Waals surface area (Å²) < 4.78 is 26.9. The normalized spacial score (nSPS) is 17.4. The number of benzene rings is 1. The van der Waals surface area contributed by atoms with E-state index in [0.29, 0.717) is 19.4 Å². The number of Topliss-reactive ketones (excluding diaryl/α,β-unsaturated/α-hetero) is 1. The average molecular weight is 382 g/mol. The number of rotatable bonds is 9. The van der Waals surface area contributed by atoms with Crippen LogP contribution in [0.15, 0.2) is 18.2 Å². The third-order valence-corrected chi connectivity index (χ3v) is 4.64. The Morgan fingerprint density at radius 2 is 2.00 bits per heavy atom. The van der Waals surface area contributed by atoms with Crippen LogP contribution in [0, 0.1) is 17.6 Å². The lowest BCUT2D eigenvalue weighted by atomic mass is 9.75. The molecule has 1 amide bonds. The molecule has 9 heteroatoms. The Balaban J connectivity index is 1.87. The number of nitrogens with one attached hydrogen (secondary N) is 1. The Morgan fingerprint density at radius 1 is 1.30 bits per heavy atom. The van der Waals surface area contributed by atoms with Crippen molar-refractivity contribution >= 4 is 24.5 Å². The average Bonchev–Trinajstić information content (AvgIpc) is 2.53. The van der Waals surface area contributed by atoms with Crippen molar-refractivity contribution in [2.75, 3.05) is 11.4 Å². The van der Waals surface area contributed by atoms with Crippen molar-refractivity contribution in [2.24, 2.45) is 5.92 Å². The number of nitrogens with zero attached hydrogens (tertiary/aromatic N) is 1. The van der Waals surface area contributed by atoms with Crippen LogP contribution in [0.1, 0.15) is 39.5 Å². The Kier molecular flexibility index (Phi) is 7.32. The van der Waals surface area contributed by atoms with Gasteiger partial charge in [-0.15, -0.1) is 0 Å². The highest BCUT2D eigenvalue weighted by Crippen LogP contribution is 2.30. The molecule has 0 aromatic heterocycles. The van der Waals surface area contributed by atoms with E-state index in [1.54, 1.807) is 4.90 Å². The fourth-order valence-electron chi connectivity index (χ4n) is 3.17. The lowest BCUT2D eigenvalue weighted by molar-refractivity contribution is -0.126. The summed E-state index contributed by atoms with van der Waals surface area (Å²) in [6.45, 7) is 4.27. The lowest BCUT2D eigenvalue weighted by Gasteiger charge is -2.42. The van der Waals surface area contributed by atoms with Gasteiger partial charge >= 0.3 is 7.12 Å². The predicted octanol–water partition coefficient (Wildman–Crippen LogP) is 1.44. The van der Waals surface area contributed by atoms with Gasteiger partial charge in [-0.05, 0) is 30.9 Å². The van der Waals surface area contributed by atoms with Crippen molar-refractivity contribution in [3.8, 4) is 0 Å². The molecule has 0 radical (unpaired) electrons. The molecule has 1 aliphatic heterocycles. The fraction of sp³-hybridized carbons (Fsp3) is 0.556.